The Hall–Kier alpha value is -1.33. The van der Waals surface area contributed by atoms with E-state index in [0.29, 0.717) is 6.42 Å². The fourth-order valence-electron chi connectivity index (χ4n) is 3.92. The summed E-state index contributed by atoms with van der Waals surface area (Å²) in [6.45, 7) is 0.969. The molecule has 4 nitrogen and oxygen atoms in total. The molecule has 118 valence electrons. The van der Waals surface area contributed by atoms with Crippen LogP contribution in [0.5, 0.6) is 11.5 Å². The molecule has 1 aliphatic carbocycles. The van der Waals surface area contributed by atoms with E-state index in [-0.39, 0.29) is 28.5 Å². The van der Waals surface area contributed by atoms with E-state index in [0.717, 1.165) is 24.5 Å². The van der Waals surface area contributed by atoms with Gasteiger partial charge in [0.25, 0.3) is 0 Å². The minimum absolute atomic E-state index is 0. The highest BCUT2D eigenvalue weighted by Gasteiger charge is 2.53. The van der Waals surface area contributed by atoms with Gasteiger partial charge in [-0.1, -0.05) is 12.2 Å². The highest BCUT2D eigenvalue weighted by molar-refractivity contribution is 5.83. The van der Waals surface area contributed by atoms with Crippen LogP contribution in [0.2, 0.25) is 0 Å². The molecule has 0 fully saturated rings. The van der Waals surface area contributed by atoms with Crippen molar-refractivity contribution in [2.24, 2.45) is 0 Å². The van der Waals surface area contributed by atoms with Crippen molar-refractivity contribution in [1.29, 1.82) is 0 Å². The van der Waals surface area contributed by atoms with Crippen LogP contribution >= 0.6 is 0 Å². The van der Waals surface area contributed by atoms with Gasteiger partial charge < -0.3 is 31.6 Å². The summed E-state index contributed by atoms with van der Waals surface area (Å²) in [5.74, 6) is 1.63. The Morgan fingerprint density at radius 2 is 2.23 bits per heavy atom. The van der Waals surface area contributed by atoms with E-state index < -0.39 is 6.10 Å². The number of ether oxygens (including phenoxy) is 2. The summed E-state index contributed by atoms with van der Waals surface area (Å²) in [5.41, 5.74) is 2.27. The number of nitrogens with zero attached hydrogens (tertiary/aromatic N) is 1. The fourth-order valence-corrected chi connectivity index (χ4v) is 3.92. The zero-order valence-corrected chi connectivity index (χ0v) is 14.3. The molecule has 0 saturated heterocycles. The Morgan fingerprint density at radius 3 is 3.00 bits per heavy atom. The molecule has 3 atom stereocenters. The molecular weight excluding hydrogens is 346 g/mol. The monoisotopic (exact) mass is 365 g/mol. The van der Waals surface area contributed by atoms with E-state index in [1.54, 1.807) is 7.11 Å². The molecule has 0 unspecified atom stereocenters. The van der Waals surface area contributed by atoms with Crippen LogP contribution in [0.3, 0.4) is 0 Å². The van der Waals surface area contributed by atoms with Crippen LogP contribution in [0.1, 0.15) is 24.0 Å². The van der Waals surface area contributed by atoms with E-state index in [4.69, 9.17) is 9.47 Å². The van der Waals surface area contributed by atoms with Crippen molar-refractivity contribution >= 4 is 6.21 Å². The Labute approximate surface area is 140 Å². The molecule has 0 bridgehead atoms. The predicted octanol–water partition coefficient (Wildman–Crippen LogP) is -1.52. The summed E-state index contributed by atoms with van der Waals surface area (Å²) in [6.07, 6.45) is 7.45. The van der Waals surface area contributed by atoms with Crippen molar-refractivity contribution in [3.05, 3.63) is 35.4 Å². The van der Waals surface area contributed by atoms with Crippen LogP contribution in [0, 0.1) is 0 Å². The van der Waals surface area contributed by atoms with Crippen molar-refractivity contribution in [3.63, 3.8) is 0 Å². The maximum absolute atomic E-state index is 9.97. The van der Waals surface area contributed by atoms with Gasteiger partial charge in [-0.3, -0.25) is 0 Å². The van der Waals surface area contributed by atoms with Gasteiger partial charge in [0.15, 0.2) is 17.7 Å². The Balaban J connectivity index is 0.00000144. The van der Waals surface area contributed by atoms with E-state index in [9.17, 15) is 5.11 Å². The van der Waals surface area contributed by atoms with Gasteiger partial charge in [0.2, 0.25) is 0 Å². The highest BCUT2D eigenvalue weighted by Crippen LogP contribution is 2.54. The molecule has 0 aromatic heterocycles. The van der Waals surface area contributed by atoms with Crippen molar-refractivity contribution in [2.75, 3.05) is 20.7 Å². The largest absolute Gasteiger partial charge is 1.00 e. The van der Waals surface area contributed by atoms with Crippen LogP contribution in [-0.2, 0) is 5.41 Å². The molecular formula is C17H20BrNO3. The predicted molar refractivity (Wildman–Crippen MR) is 79.7 cm³/mol. The minimum Gasteiger partial charge on any atom is -1.00 e. The standard InChI is InChI=1S/C17H20NO3.BrH/c1-18-8-7-17-6-5-12(19)9-14(17)21-16-13(20-2)4-3-11(10-18)15(16)17;/h3-6,10,12,14,19H,7-9H2,1-2H3;1H/q+1;/p-1/t12-,14+,17+;/m1./s1. The van der Waals surface area contributed by atoms with E-state index >= 15 is 0 Å². The van der Waals surface area contributed by atoms with Crippen molar-refractivity contribution < 1.29 is 36.1 Å². The molecule has 22 heavy (non-hydrogen) atoms. The van der Waals surface area contributed by atoms with Crippen molar-refractivity contribution in [3.8, 4) is 11.5 Å². The summed E-state index contributed by atoms with van der Waals surface area (Å²) < 4.78 is 13.9. The van der Waals surface area contributed by atoms with E-state index in [2.05, 4.69) is 30.0 Å². The second-order valence-corrected chi connectivity index (χ2v) is 6.23. The maximum atomic E-state index is 9.97. The summed E-state index contributed by atoms with van der Waals surface area (Å²) in [6, 6.07) is 4.07. The summed E-state index contributed by atoms with van der Waals surface area (Å²) in [5, 5.41) is 9.97. The third-order valence-electron chi connectivity index (χ3n) is 4.98. The van der Waals surface area contributed by atoms with Crippen LogP contribution in [0.15, 0.2) is 24.3 Å². The molecule has 1 aromatic rings. The van der Waals surface area contributed by atoms with Gasteiger partial charge in [0, 0.05) is 24.0 Å². The first-order chi connectivity index (χ1) is 10.1. The number of aliphatic hydroxyl groups is 1. The Kier molecular flexibility index (Phi) is 3.81. The van der Waals surface area contributed by atoms with Gasteiger partial charge in [-0.25, -0.2) is 4.58 Å². The van der Waals surface area contributed by atoms with Crippen molar-refractivity contribution in [1.82, 2.24) is 0 Å². The van der Waals surface area contributed by atoms with Gasteiger partial charge >= 0.3 is 0 Å². The number of benzene rings is 1. The summed E-state index contributed by atoms with van der Waals surface area (Å²) in [4.78, 5) is 0. The lowest BCUT2D eigenvalue weighted by Gasteiger charge is -2.34. The average Bonchev–Trinajstić information content (AvgIpc) is 2.72. The fraction of sp³-hybridized carbons (Fsp3) is 0.471. The van der Waals surface area contributed by atoms with Gasteiger partial charge in [0.1, 0.15) is 19.7 Å². The lowest BCUT2D eigenvalue weighted by Crippen LogP contribution is -3.00. The first kappa shape index (κ1) is 15.6. The number of hydrogen-bond donors (Lipinski definition) is 1. The zero-order chi connectivity index (χ0) is 14.6. The lowest BCUT2D eigenvalue weighted by atomic mass is 9.69. The number of halogens is 1. The van der Waals surface area contributed by atoms with Gasteiger partial charge in [-0.2, -0.15) is 0 Å². The van der Waals surface area contributed by atoms with E-state index in [1.165, 1.54) is 11.1 Å². The third kappa shape index (κ3) is 2.02. The molecule has 3 aliphatic rings. The summed E-state index contributed by atoms with van der Waals surface area (Å²) >= 11 is 0. The Morgan fingerprint density at radius 1 is 1.41 bits per heavy atom. The topological polar surface area (TPSA) is 41.7 Å². The molecule has 2 aliphatic heterocycles. The quantitative estimate of drug-likeness (QED) is 0.485. The highest BCUT2D eigenvalue weighted by atomic mass is 79.9. The van der Waals surface area contributed by atoms with E-state index in [1.807, 2.05) is 12.1 Å². The number of hydrogen-bond acceptors (Lipinski definition) is 3. The van der Waals surface area contributed by atoms with Crippen LogP contribution in [0.4, 0.5) is 0 Å². The molecule has 4 rings (SSSR count). The second-order valence-electron chi connectivity index (χ2n) is 6.23. The van der Waals surface area contributed by atoms with Gasteiger partial charge in [-0.15, -0.1) is 0 Å². The smallest absolute Gasteiger partial charge is 0.170 e. The molecule has 1 spiro atoms. The number of methoxy groups -OCH3 is 1. The number of rotatable bonds is 1. The molecule has 1 N–H and O–H groups in total. The SMILES string of the molecule is COc1ccc2c3c1O[C@H]1C[C@H](O)C=C[C@@]31CC[N+](C)=C2.[Br-]. The zero-order valence-electron chi connectivity index (χ0n) is 12.8. The number of aliphatic hydroxyl groups excluding tert-OH is 1. The molecule has 2 heterocycles. The summed E-state index contributed by atoms with van der Waals surface area (Å²) in [7, 11) is 3.78. The minimum atomic E-state index is -0.422. The van der Waals surface area contributed by atoms with Gasteiger partial charge in [0.05, 0.1) is 18.6 Å². The molecule has 0 amide bonds. The molecule has 5 heteroatoms. The second kappa shape index (κ2) is 5.39. The molecule has 0 saturated carbocycles. The third-order valence-corrected chi connectivity index (χ3v) is 4.98. The first-order valence-corrected chi connectivity index (χ1v) is 7.45. The average molecular weight is 366 g/mol. The molecule has 0 radical (unpaired) electrons. The maximum Gasteiger partial charge on any atom is 0.170 e. The Bertz CT molecular complexity index is 670. The van der Waals surface area contributed by atoms with Crippen molar-refractivity contribution in [2.45, 2.75) is 30.5 Å². The molecule has 1 aromatic carbocycles. The normalized spacial score (nSPS) is 31.1. The van der Waals surface area contributed by atoms with Crippen LogP contribution in [-0.4, -0.2) is 48.8 Å². The van der Waals surface area contributed by atoms with Crippen LogP contribution < -0.4 is 26.5 Å². The first-order valence-electron chi connectivity index (χ1n) is 7.45. The van der Waals surface area contributed by atoms with Crippen LogP contribution in [0.25, 0.3) is 0 Å². The van der Waals surface area contributed by atoms with Gasteiger partial charge in [-0.05, 0) is 12.1 Å². The lowest BCUT2D eigenvalue weighted by molar-refractivity contribution is -0.493.